The van der Waals surface area contributed by atoms with Crippen molar-refractivity contribution >= 4 is 15.9 Å². The van der Waals surface area contributed by atoms with Gasteiger partial charge in [0.05, 0.1) is 6.26 Å². The second kappa shape index (κ2) is 9.29. The predicted molar refractivity (Wildman–Crippen MR) is 70.8 cm³/mol. The zero-order chi connectivity index (χ0) is 14.0. The summed E-state index contributed by atoms with van der Waals surface area (Å²) in [6.45, 7) is 3.51. The Morgan fingerprint density at radius 1 is 1.33 bits per heavy atom. The Morgan fingerprint density at radius 3 is 2.50 bits per heavy atom. The number of hydrogen-bond donors (Lipinski definition) is 1. The second-order valence-electron chi connectivity index (χ2n) is 4.11. The first kappa shape index (κ1) is 17.3. The van der Waals surface area contributed by atoms with Gasteiger partial charge in [-0.3, -0.25) is 4.79 Å². The molecule has 0 radical (unpaired) electrons. The van der Waals surface area contributed by atoms with Crippen molar-refractivity contribution in [2.75, 3.05) is 39.6 Å². The van der Waals surface area contributed by atoms with Crippen molar-refractivity contribution < 1.29 is 17.9 Å². The van der Waals surface area contributed by atoms with Gasteiger partial charge in [-0.2, -0.15) is 0 Å². The molecule has 0 unspecified atom stereocenters. The first-order chi connectivity index (χ1) is 8.41. The minimum atomic E-state index is -3.23. The third kappa shape index (κ3) is 8.43. The molecule has 0 bridgehead atoms. The van der Waals surface area contributed by atoms with Crippen molar-refractivity contribution in [3.05, 3.63) is 0 Å². The molecule has 0 rings (SSSR count). The summed E-state index contributed by atoms with van der Waals surface area (Å²) in [6, 6.07) is 0. The van der Waals surface area contributed by atoms with E-state index in [2.05, 4.69) is 5.32 Å². The number of ether oxygens (including phenoxy) is 1. The van der Waals surface area contributed by atoms with Gasteiger partial charge in [0.2, 0.25) is 15.9 Å². The summed E-state index contributed by atoms with van der Waals surface area (Å²) in [5.74, 6) is -0.0390. The number of nitrogens with one attached hydrogen (secondary N) is 1. The lowest BCUT2D eigenvalue weighted by atomic mass is 10.3. The van der Waals surface area contributed by atoms with Crippen LogP contribution in [0.5, 0.6) is 0 Å². The van der Waals surface area contributed by atoms with E-state index >= 15 is 0 Å². The molecular weight excluding hydrogens is 256 g/mol. The maximum Gasteiger partial charge on any atom is 0.220 e. The van der Waals surface area contributed by atoms with Crippen LogP contribution in [0, 0.1) is 0 Å². The molecule has 0 atom stereocenters. The van der Waals surface area contributed by atoms with Crippen LogP contribution in [0.2, 0.25) is 0 Å². The minimum Gasteiger partial charge on any atom is -0.385 e. The molecule has 0 saturated carbocycles. The van der Waals surface area contributed by atoms with Crippen LogP contribution in [0.3, 0.4) is 0 Å². The van der Waals surface area contributed by atoms with Crippen molar-refractivity contribution in [3.8, 4) is 0 Å². The quantitative estimate of drug-likeness (QED) is 0.580. The zero-order valence-corrected chi connectivity index (χ0v) is 12.3. The molecule has 0 saturated heterocycles. The van der Waals surface area contributed by atoms with Crippen molar-refractivity contribution in [3.63, 3.8) is 0 Å². The molecule has 0 heterocycles. The normalized spacial score (nSPS) is 11.8. The van der Waals surface area contributed by atoms with Gasteiger partial charge in [-0.25, -0.2) is 12.7 Å². The molecular formula is C11H24N2O4S. The van der Waals surface area contributed by atoms with Crippen molar-refractivity contribution in [2.45, 2.75) is 26.2 Å². The highest BCUT2D eigenvalue weighted by Gasteiger charge is 2.15. The first-order valence-electron chi connectivity index (χ1n) is 6.12. The maximum absolute atomic E-state index is 11.5. The Bertz CT molecular complexity index is 330. The molecule has 0 aromatic carbocycles. The van der Waals surface area contributed by atoms with E-state index in [4.69, 9.17) is 4.74 Å². The van der Waals surface area contributed by atoms with Gasteiger partial charge in [0.15, 0.2) is 0 Å². The lowest BCUT2D eigenvalue weighted by molar-refractivity contribution is -0.121. The van der Waals surface area contributed by atoms with Gasteiger partial charge in [-0.15, -0.1) is 0 Å². The molecule has 0 aromatic rings. The molecule has 1 N–H and O–H groups in total. The van der Waals surface area contributed by atoms with E-state index in [1.54, 1.807) is 7.11 Å². The number of carbonyl (C=O) groups is 1. The van der Waals surface area contributed by atoms with Crippen LogP contribution in [-0.4, -0.2) is 58.2 Å². The molecule has 18 heavy (non-hydrogen) atoms. The number of methoxy groups -OCH3 is 1. The van der Waals surface area contributed by atoms with Crippen LogP contribution in [0.1, 0.15) is 26.2 Å². The van der Waals surface area contributed by atoms with E-state index in [1.807, 2.05) is 6.92 Å². The number of carbonyl (C=O) groups excluding carboxylic acids is 1. The lowest BCUT2D eigenvalue weighted by Gasteiger charge is -2.19. The monoisotopic (exact) mass is 280 g/mol. The zero-order valence-electron chi connectivity index (χ0n) is 11.4. The van der Waals surface area contributed by atoms with Crippen molar-refractivity contribution in [1.82, 2.24) is 9.62 Å². The summed E-state index contributed by atoms with van der Waals surface area (Å²) < 4.78 is 29.2. The fourth-order valence-corrected chi connectivity index (χ4v) is 2.35. The standard InChI is InChI=1S/C11H24N2O4S/c1-4-6-11(14)12-7-9-13(18(3,15)16)8-5-10-17-2/h4-10H2,1-3H3,(H,12,14). The van der Waals surface area contributed by atoms with Crippen LogP contribution < -0.4 is 5.32 Å². The van der Waals surface area contributed by atoms with E-state index < -0.39 is 10.0 Å². The average molecular weight is 280 g/mol. The molecule has 0 spiro atoms. The van der Waals surface area contributed by atoms with E-state index in [-0.39, 0.29) is 5.91 Å². The Labute approximate surface area is 110 Å². The number of rotatable bonds is 10. The second-order valence-corrected chi connectivity index (χ2v) is 6.09. The van der Waals surface area contributed by atoms with Crippen molar-refractivity contribution in [1.29, 1.82) is 0 Å². The summed E-state index contributed by atoms with van der Waals surface area (Å²) in [5.41, 5.74) is 0. The number of amides is 1. The molecule has 0 fully saturated rings. The van der Waals surface area contributed by atoms with Gasteiger partial charge in [-0.1, -0.05) is 6.92 Å². The summed E-state index contributed by atoms with van der Waals surface area (Å²) in [4.78, 5) is 11.2. The lowest BCUT2D eigenvalue weighted by Crippen LogP contribution is -2.38. The largest absolute Gasteiger partial charge is 0.385 e. The van der Waals surface area contributed by atoms with E-state index in [0.29, 0.717) is 39.1 Å². The fraction of sp³-hybridized carbons (Fsp3) is 0.909. The summed E-state index contributed by atoms with van der Waals surface area (Å²) in [5, 5.41) is 2.70. The van der Waals surface area contributed by atoms with Gasteiger partial charge in [-0.05, 0) is 12.8 Å². The third-order valence-electron chi connectivity index (χ3n) is 2.39. The van der Waals surface area contributed by atoms with Crippen LogP contribution in [0.25, 0.3) is 0 Å². The van der Waals surface area contributed by atoms with E-state index in [1.165, 1.54) is 10.6 Å². The number of hydrogen-bond acceptors (Lipinski definition) is 4. The average Bonchev–Trinajstić information content (AvgIpc) is 2.26. The molecule has 6 nitrogen and oxygen atoms in total. The van der Waals surface area contributed by atoms with Gasteiger partial charge in [0, 0.05) is 39.8 Å². The summed E-state index contributed by atoms with van der Waals surface area (Å²) >= 11 is 0. The van der Waals surface area contributed by atoms with E-state index in [9.17, 15) is 13.2 Å². The number of nitrogens with zero attached hydrogens (tertiary/aromatic N) is 1. The topological polar surface area (TPSA) is 75.7 Å². The van der Waals surface area contributed by atoms with Crippen LogP contribution in [0.4, 0.5) is 0 Å². The van der Waals surface area contributed by atoms with Gasteiger partial charge in [0.25, 0.3) is 0 Å². The molecule has 108 valence electrons. The smallest absolute Gasteiger partial charge is 0.220 e. The Hall–Kier alpha value is -0.660. The van der Waals surface area contributed by atoms with Crippen molar-refractivity contribution in [2.24, 2.45) is 0 Å². The highest BCUT2D eigenvalue weighted by Crippen LogP contribution is 1.99. The molecule has 0 aliphatic heterocycles. The van der Waals surface area contributed by atoms with Gasteiger partial charge < -0.3 is 10.1 Å². The first-order valence-corrected chi connectivity index (χ1v) is 7.97. The van der Waals surface area contributed by atoms with Crippen LogP contribution in [0.15, 0.2) is 0 Å². The minimum absolute atomic E-state index is 0.0390. The maximum atomic E-state index is 11.5. The highest BCUT2D eigenvalue weighted by atomic mass is 32.2. The Morgan fingerprint density at radius 2 is 2.00 bits per heavy atom. The highest BCUT2D eigenvalue weighted by molar-refractivity contribution is 7.88. The Kier molecular flexibility index (Phi) is 8.95. The molecule has 0 aliphatic carbocycles. The molecule has 0 aliphatic rings. The Balaban J connectivity index is 4.06. The predicted octanol–water partition coefficient (Wildman–Crippen LogP) is 0.201. The summed E-state index contributed by atoms with van der Waals surface area (Å²) in [7, 11) is -1.65. The summed E-state index contributed by atoms with van der Waals surface area (Å²) in [6.07, 6.45) is 3.08. The number of sulfonamides is 1. The van der Waals surface area contributed by atoms with E-state index in [0.717, 1.165) is 6.42 Å². The SMILES string of the molecule is CCCC(=O)NCCN(CCCOC)S(C)(=O)=O. The molecule has 7 heteroatoms. The third-order valence-corrected chi connectivity index (χ3v) is 3.69. The van der Waals surface area contributed by atoms with Gasteiger partial charge in [0.1, 0.15) is 0 Å². The van der Waals surface area contributed by atoms with Crippen LogP contribution in [-0.2, 0) is 19.6 Å². The fourth-order valence-electron chi connectivity index (χ4n) is 1.46. The molecule has 0 aromatic heterocycles. The molecule has 1 amide bonds. The van der Waals surface area contributed by atoms with Gasteiger partial charge >= 0.3 is 0 Å². The van der Waals surface area contributed by atoms with Crippen LogP contribution >= 0.6 is 0 Å².